The molecule has 0 aliphatic rings. The van der Waals surface area contributed by atoms with Crippen molar-refractivity contribution >= 4 is 11.6 Å². The summed E-state index contributed by atoms with van der Waals surface area (Å²) in [5.74, 6) is 0.732. The smallest absolute Gasteiger partial charge is 0.0257 e. The van der Waals surface area contributed by atoms with Crippen LogP contribution in [0.25, 0.3) is 0 Å². The average Bonchev–Trinajstić information content (AvgIpc) is 1.93. The Bertz CT molecular complexity index is 177. The normalized spacial score (nSPS) is 12.9. The second-order valence-electron chi connectivity index (χ2n) is 6.05. The minimum atomic E-state index is 0. The summed E-state index contributed by atoms with van der Waals surface area (Å²) in [4.78, 5) is 0. The van der Waals surface area contributed by atoms with Crippen LogP contribution in [0.3, 0.4) is 0 Å². The van der Waals surface area contributed by atoms with E-state index in [0.29, 0.717) is 10.8 Å². The van der Waals surface area contributed by atoms with E-state index in [0.717, 1.165) is 18.7 Å². The Morgan fingerprint density at radius 2 is 1.53 bits per heavy atom. The molecule has 0 unspecified atom stereocenters. The third kappa shape index (κ3) is 11.9. The molecular weight excluding hydrogens is 206 g/mol. The second-order valence-corrected chi connectivity index (χ2v) is 6.43. The maximum atomic E-state index is 5.61. The SMILES string of the molecule is CC(C)(C)CC(C)(C)CC=CCCCl.N. The molecule has 2 heteroatoms. The Labute approximate surface area is 101 Å². The van der Waals surface area contributed by atoms with Crippen LogP contribution in [-0.2, 0) is 0 Å². The number of allylic oxidation sites excluding steroid dienone is 2. The Balaban J connectivity index is 0. The van der Waals surface area contributed by atoms with Gasteiger partial charge in [-0.3, -0.25) is 0 Å². The van der Waals surface area contributed by atoms with Gasteiger partial charge in [0.25, 0.3) is 0 Å². The highest BCUT2D eigenvalue weighted by Crippen LogP contribution is 2.35. The molecule has 3 N–H and O–H groups in total. The largest absolute Gasteiger partial charge is 0.344 e. The van der Waals surface area contributed by atoms with Crippen LogP contribution in [0.1, 0.15) is 53.9 Å². The first kappa shape index (κ1) is 17.4. The number of hydrogen-bond acceptors (Lipinski definition) is 1. The minimum absolute atomic E-state index is 0. The van der Waals surface area contributed by atoms with E-state index in [9.17, 15) is 0 Å². The van der Waals surface area contributed by atoms with Crippen molar-refractivity contribution < 1.29 is 0 Å². The molecule has 0 heterocycles. The Hall–Kier alpha value is -0.0100. The fourth-order valence-corrected chi connectivity index (χ4v) is 2.22. The lowest BCUT2D eigenvalue weighted by Gasteiger charge is -2.31. The van der Waals surface area contributed by atoms with E-state index in [1.165, 1.54) is 6.42 Å². The maximum Gasteiger partial charge on any atom is 0.0257 e. The Kier molecular flexibility index (Phi) is 8.45. The molecule has 92 valence electrons. The molecule has 0 spiro atoms. The topological polar surface area (TPSA) is 35.0 Å². The summed E-state index contributed by atoms with van der Waals surface area (Å²) < 4.78 is 0. The van der Waals surface area contributed by atoms with Gasteiger partial charge in [-0.15, -0.1) is 11.6 Å². The van der Waals surface area contributed by atoms with E-state index in [2.05, 4.69) is 46.8 Å². The van der Waals surface area contributed by atoms with Gasteiger partial charge >= 0.3 is 0 Å². The van der Waals surface area contributed by atoms with Crippen LogP contribution in [-0.4, -0.2) is 5.88 Å². The molecule has 0 radical (unpaired) electrons. The summed E-state index contributed by atoms with van der Waals surface area (Å²) in [7, 11) is 0. The van der Waals surface area contributed by atoms with Crippen molar-refractivity contribution in [2.24, 2.45) is 10.8 Å². The van der Waals surface area contributed by atoms with Crippen molar-refractivity contribution in [3.8, 4) is 0 Å². The highest BCUT2D eigenvalue weighted by Gasteiger charge is 2.23. The summed E-state index contributed by atoms with van der Waals surface area (Å²) in [5, 5.41) is 0. The van der Waals surface area contributed by atoms with Crippen molar-refractivity contribution in [1.82, 2.24) is 6.15 Å². The predicted molar refractivity (Wildman–Crippen MR) is 72.0 cm³/mol. The number of hydrogen-bond donors (Lipinski definition) is 1. The second kappa shape index (κ2) is 7.29. The van der Waals surface area contributed by atoms with E-state index in [1.807, 2.05) is 0 Å². The van der Waals surface area contributed by atoms with Gasteiger partial charge in [-0.1, -0.05) is 46.8 Å². The number of alkyl halides is 1. The lowest BCUT2D eigenvalue weighted by atomic mass is 9.74. The molecule has 0 aliphatic carbocycles. The van der Waals surface area contributed by atoms with E-state index in [1.54, 1.807) is 0 Å². The van der Waals surface area contributed by atoms with Crippen molar-refractivity contribution in [3.63, 3.8) is 0 Å². The van der Waals surface area contributed by atoms with Crippen LogP contribution < -0.4 is 6.15 Å². The molecule has 0 saturated carbocycles. The maximum absolute atomic E-state index is 5.61. The van der Waals surface area contributed by atoms with Crippen LogP contribution >= 0.6 is 11.6 Å². The summed E-state index contributed by atoms with van der Waals surface area (Å²) in [6.45, 7) is 11.6. The molecule has 1 nitrogen and oxygen atoms in total. The van der Waals surface area contributed by atoms with E-state index in [4.69, 9.17) is 11.6 Å². The Morgan fingerprint density at radius 1 is 1.00 bits per heavy atom. The molecular formula is C13H28ClN. The third-order valence-electron chi connectivity index (χ3n) is 2.12. The summed E-state index contributed by atoms with van der Waals surface area (Å²) >= 11 is 5.61. The van der Waals surface area contributed by atoms with E-state index in [-0.39, 0.29) is 6.15 Å². The molecule has 0 rings (SSSR count). The first-order valence-corrected chi connectivity index (χ1v) is 6.01. The van der Waals surface area contributed by atoms with Gasteiger partial charge in [0.05, 0.1) is 0 Å². The highest BCUT2D eigenvalue weighted by atomic mass is 35.5. The molecule has 0 fully saturated rings. The summed E-state index contributed by atoms with van der Waals surface area (Å²) in [5.41, 5.74) is 0.824. The zero-order chi connectivity index (χ0) is 11.2. The third-order valence-corrected chi connectivity index (χ3v) is 2.34. The minimum Gasteiger partial charge on any atom is -0.344 e. The standard InChI is InChI=1S/C13H25Cl.H3N/c1-12(2,3)11-13(4,5)9-7-6-8-10-14;/h6-7H,8-11H2,1-5H3;1H3. The van der Waals surface area contributed by atoms with Crippen molar-refractivity contribution in [1.29, 1.82) is 0 Å². The van der Waals surface area contributed by atoms with Crippen LogP contribution in [0.15, 0.2) is 12.2 Å². The van der Waals surface area contributed by atoms with Gasteiger partial charge in [0.2, 0.25) is 0 Å². The quantitative estimate of drug-likeness (QED) is 0.515. The number of rotatable bonds is 5. The average molecular weight is 234 g/mol. The molecule has 0 atom stereocenters. The van der Waals surface area contributed by atoms with E-state index < -0.39 is 0 Å². The fourth-order valence-electron chi connectivity index (χ4n) is 2.09. The predicted octanol–water partition coefficient (Wildman–Crippen LogP) is 5.19. The Morgan fingerprint density at radius 3 is 1.93 bits per heavy atom. The molecule has 0 bridgehead atoms. The lowest BCUT2D eigenvalue weighted by Crippen LogP contribution is -2.19. The highest BCUT2D eigenvalue weighted by molar-refractivity contribution is 6.17. The fraction of sp³-hybridized carbons (Fsp3) is 0.846. The van der Waals surface area contributed by atoms with Gasteiger partial charge in [0.1, 0.15) is 0 Å². The van der Waals surface area contributed by atoms with Crippen LogP contribution in [0.2, 0.25) is 0 Å². The molecule has 0 aliphatic heterocycles. The first-order chi connectivity index (χ1) is 6.27. The van der Waals surface area contributed by atoms with Crippen LogP contribution in [0.4, 0.5) is 0 Å². The molecule has 0 aromatic heterocycles. The summed E-state index contributed by atoms with van der Waals surface area (Å²) in [6, 6.07) is 0. The molecule has 0 saturated heterocycles. The summed E-state index contributed by atoms with van der Waals surface area (Å²) in [6.07, 6.45) is 7.87. The zero-order valence-electron chi connectivity index (χ0n) is 11.1. The first-order valence-electron chi connectivity index (χ1n) is 5.48. The number of halogens is 1. The van der Waals surface area contributed by atoms with Crippen LogP contribution in [0, 0.1) is 10.8 Å². The molecule has 0 aromatic carbocycles. The zero-order valence-corrected chi connectivity index (χ0v) is 11.8. The molecule has 15 heavy (non-hydrogen) atoms. The molecule has 0 amide bonds. The van der Waals surface area contributed by atoms with Crippen molar-refractivity contribution in [2.75, 3.05) is 5.88 Å². The monoisotopic (exact) mass is 233 g/mol. The van der Waals surface area contributed by atoms with Gasteiger partial charge in [-0.2, -0.15) is 0 Å². The van der Waals surface area contributed by atoms with Gasteiger partial charge in [-0.05, 0) is 30.1 Å². The lowest BCUT2D eigenvalue weighted by molar-refractivity contribution is 0.215. The van der Waals surface area contributed by atoms with Gasteiger partial charge < -0.3 is 6.15 Å². The van der Waals surface area contributed by atoms with Crippen LogP contribution in [0.5, 0.6) is 0 Å². The van der Waals surface area contributed by atoms with Crippen molar-refractivity contribution in [2.45, 2.75) is 53.9 Å². The van der Waals surface area contributed by atoms with Gasteiger partial charge in [0, 0.05) is 5.88 Å². The molecule has 0 aromatic rings. The van der Waals surface area contributed by atoms with E-state index >= 15 is 0 Å². The van der Waals surface area contributed by atoms with Gasteiger partial charge in [-0.25, -0.2) is 0 Å². The van der Waals surface area contributed by atoms with Gasteiger partial charge in [0.15, 0.2) is 0 Å². The van der Waals surface area contributed by atoms with Crippen molar-refractivity contribution in [3.05, 3.63) is 12.2 Å².